The van der Waals surface area contributed by atoms with E-state index in [4.69, 9.17) is 4.42 Å². The van der Waals surface area contributed by atoms with Crippen LogP contribution >= 0.6 is 15.9 Å². The highest BCUT2D eigenvalue weighted by Gasteiger charge is 2.18. The van der Waals surface area contributed by atoms with Crippen molar-refractivity contribution >= 4 is 41.7 Å². The molecule has 0 saturated carbocycles. The molecule has 0 saturated heterocycles. The third-order valence-electron chi connectivity index (χ3n) is 3.54. The third kappa shape index (κ3) is 4.98. The van der Waals surface area contributed by atoms with Gasteiger partial charge in [0.2, 0.25) is 10.0 Å². The topological polar surface area (TPSA) is 105 Å². The Balaban J connectivity index is 1.79. The summed E-state index contributed by atoms with van der Waals surface area (Å²) in [6, 6.07) is 15.0. The normalized spacial score (nSPS) is 12.0. The predicted octanol–water partition coefficient (Wildman–Crippen LogP) is 3.32. The molecule has 1 aromatic heterocycles. The van der Waals surface area contributed by atoms with Crippen LogP contribution in [0.3, 0.4) is 0 Å². The molecule has 0 radical (unpaired) electrons. The molecule has 10 heteroatoms. The number of nitrogens with one attached hydrogen (secondary N) is 2. The van der Waals surface area contributed by atoms with Crippen molar-refractivity contribution in [3.05, 3.63) is 77.2 Å². The lowest BCUT2D eigenvalue weighted by Gasteiger charge is -2.10. The van der Waals surface area contributed by atoms with E-state index in [9.17, 15) is 16.8 Å². The van der Waals surface area contributed by atoms with Gasteiger partial charge in [0, 0.05) is 4.47 Å². The predicted molar refractivity (Wildman–Crippen MR) is 104 cm³/mol. The summed E-state index contributed by atoms with van der Waals surface area (Å²) in [4.78, 5) is -0.0000307. The summed E-state index contributed by atoms with van der Waals surface area (Å²) in [7, 11) is -7.68. The molecule has 3 rings (SSSR count). The number of furan rings is 1. The fourth-order valence-electron chi connectivity index (χ4n) is 2.22. The summed E-state index contributed by atoms with van der Waals surface area (Å²) in [5.74, 6) is 0.464. The number of anilines is 1. The average molecular weight is 471 g/mol. The van der Waals surface area contributed by atoms with Crippen LogP contribution in [0.4, 0.5) is 5.69 Å². The van der Waals surface area contributed by atoms with Crippen molar-refractivity contribution in [2.45, 2.75) is 16.3 Å². The summed E-state index contributed by atoms with van der Waals surface area (Å²) in [6.45, 7) is -0.00974. The Kier molecular flexibility index (Phi) is 5.70. The van der Waals surface area contributed by atoms with E-state index in [1.54, 1.807) is 24.3 Å². The van der Waals surface area contributed by atoms with Crippen LogP contribution in [0, 0.1) is 0 Å². The van der Waals surface area contributed by atoms with Gasteiger partial charge >= 0.3 is 0 Å². The summed E-state index contributed by atoms with van der Waals surface area (Å²) >= 11 is 3.24. The number of rotatable bonds is 7. The smallest absolute Gasteiger partial charge is 0.261 e. The van der Waals surface area contributed by atoms with Gasteiger partial charge in [0.1, 0.15) is 5.76 Å². The summed E-state index contributed by atoms with van der Waals surface area (Å²) in [5, 5.41) is 0. The molecule has 0 spiro atoms. The number of benzene rings is 2. The molecule has 0 amide bonds. The highest BCUT2D eigenvalue weighted by Crippen LogP contribution is 2.21. The van der Waals surface area contributed by atoms with Crippen molar-refractivity contribution in [2.24, 2.45) is 0 Å². The number of hydrogen-bond donors (Lipinski definition) is 2. The zero-order valence-corrected chi connectivity index (χ0v) is 17.0. The van der Waals surface area contributed by atoms with Crippen molar-refractivity contribution in [1.82, 2.24) is 4.72 Å². The van der Waals surface area contributed by atoms with Crippen LogP contribution < -0.4 is 9.44 Å². The third-order valence-corrected chi connectivity index (χ3v) is 6.86. The Bertz CT molecular complexity index is 1130. The molecule has 0 aliphatic rings. The zero-order valence-electron chi connectivity index (χ0n) is 13.8. The van der Waals surface area contributed by atoms with E-state index < -0.39 is 20.0 Å². The maximum absolute atomic E-state index is 12.5. The largest absolute Gasteiger partial charge is 0.468 e. The van der Waals surface area contributed by atoms with Crippen LogP contribution in [-0.4, -0.2) is 16.8 Å². The molecule has 0 fully saturated rings. The number of halogens is 1. The highest BCUT2D eigenvalue weighted by atomic mass is 79.9. The molecule has 142 valence electrons. The van der Waals surface area contributed by atoms with E-state index in [1.807, 2.05) is 0 Å². The number of hydrogen-bond acceptors (Lipinski definition) is 5. The summed E-state index contributed by atoms with van der Waals surface area (Å²) in [6.07, 6.45) is 1.45. The van der Waals surface area contributed by atoms with Gasteiger partial charge in [-0.1, -0.05) is 22.0 Å². The molecule has 0 aliphatic carbocycles. The van der Waals surface area contributed by atoms with E-state index in [1.165, 1.54) is 42.7 Å². The quantitative estimate of drug-likeness (QED) is 0.550. The van der Waals surface area contributed by atoms with Gasteiger partial charge in [0.05, 0.1) is 28.3 Å². The highest BCUT2D eigenvalue weighted by molar-refractivity contribution is 9.10. The van der Waals surface area contributed by atoms with Gasteiger partial charge in [0.15, 0.2) is 0 Å². The van der Waals surface area contributed by atoms with Gasteiger partial charge in [-0.2, -0.15) is 0 Å². The molecular formula is C17H15BrN2O5S2. The standard InChI is InChI=1S/C17H15BrN2O5S2/c18-13-6-8-16(9-7-13)27(23,24)20-14-3-1-5-17(11-14)26(21,22)19-12-15-4-2-10-25-15/h1-11,19-20H,12H2. The van der Waals surface area contributed by atoms with Crippen molar-refractivity contribution in [3.8, 4) is 0 Å². The minimum Gasteiger partial charge on any atom is -0.468 e. The minimum absolute atomic E-state index is 0.00974. The van der Waals surface area contributed by atoms with Crippen LogP contribution in [0.1, 0.15) is 5.76 Å². The van der Waals surface area contributed by atoms with E-state index >= 15 is 0 Å². The Morgan fingerprint density at radius 3 is 2.26 bits per heavy atom. The number of sulfonamides is 2. The van der Waals surface area contributed by atoms with Crippen molar-refractivity contribution < 1.29 is 21.3 Å². The molecule has 2 aromatic carbocycles. The van der Waals surface area contributed by atoms with Crippen molar-refractivity contribution in [2.75, 3.05) is 4.72 Å². The van der Waals surface area contributed by atoms with Gasteiger partial charge in [-0.3, -0.25) is 4.72 Å². The van der Waals surface area contributed by atoms with Gasteiger partial charge in [-0.05, 0) is 54.6 Å². The maximum atomic E-state index is 12.5. The second kappa shape index (κ2) is 7.85. The molecule has 0 atom stereocenters. The first-order valence-corrected chi connectivity index (χ1v) is 11.4. The maximum Gasteiger partial charge on any atom is 0.261 e. The summed E-state index contributed by atoms with van der Waals surface area (Å²) in [5.41, 5.74) is 0.138. The van der Waals surface area contributed by atoms with Gasteiger partial charge in [-0.25, -0.2) is 21.6 Å². The minimum atomic E-state index is -3.84. The Labute approximate surface area is 165 Å². The first kappa shape index (κ1) is 19.6. The van der Waals surface area contributed by atoms with Crippen LogP contribution in [0.25, 0.3) is 0 Å². The second-order valence-corrected chi connectivity index (χ2v) is 9.86. The molecule has 7 nitrogen and oxygen atoms in total. The monoisotopic (exact) mass is 470 g/mol. The summed E-state index contributed by atoms with van der Waals surface area (Å²) < 4.78 is 60.4. The molecule has 0 unspecified atom stereocenters. The van der Waals surface area contributed by atoms with Crippen molar-refractivity contribution in [3.63, 3.8) is 0 Å². The van der Waals surface area contributed by atoms with Gasteiger partial charge in [-0.15, -0.1) is 0 Å². The van der Waals surface area contributed by atoms with Crippen LogP contribution in [0.5, 0.6) is 0 Å². The van der Waals surface area contributed by atoms with E-state index in [0.717, 1.165) is 4.47 Å². The van der Waals surface area contributed by atoms with E-state index in [-0.39, 0.29) is 22.0 Å². The first-order chi connectivity index (χ1) is 12.8. The molecule has 27 heavy (non-hydrogen) atoms. The van der Waals surface area contributed by atoms with Crippen molar-refractivity contribution in [1.29, 1.82) is 0 Å². The van der Waals surface area contributed by atoms with E-state index in [0.29, 0.717) is 5.76 Å². The van der Waals surface area contributed by atoms with Gasteiger partial charge < -0.3 is 4.42 Å². The van der Waals surface area contributed by atoms with Crippen LogP contribution in [0.2, 0.25) is 0 Å². The van der Waals surface area contributed by atoms with Crippen LogP contribution in [0.15, 0.2) is 85.6 Å². The fraction of sp³-hybridized carbons (Fsp3) is 0.0588. The molecule has 1 heterocycles. The molecule has 2 N–H and O–H groups in total. The lowest BCUT2D eigenvalue weighted by Crippen LogP contribution is -2.23. The lowest BCUT2D eigenvalue weighted by molar-refractivity contribution is 0.498. The second-order valence-electron chi connectivity index (χ2n) is 5.49. The SMILES string of the molecule is O=S(=O)(NCc1ccco1)c1cccc(NS(=O)(=O)c2ccc(Br)cc2)c1. The average Bonchev–Trinajstić information content (AvgIpc) is 3.14. The molecule has 0 aliphatic heterocycles. The van der Waals surface area contributed by atoms with Gasteiger partial charge in [0.25, 0.3) is 10.0 Å². The Morgan fingerprint density at radius 2 is 1.59 bits per heavy atom. The van der Waals surface area contributed by atoms with E-state index in [2.05, 4.69) is 25.4 Å². The zero-order chi connectivity index (χ0) is 19.5. The van der Waals surface area contributed by atoms with Crippen LogP contribution in [-0.2, 0) is 26.6 Å². The lowest BCUT2D eigenvalue weighted by atomic mass is 10.3. The molecule has 3 aromatic rings. The Hall–Kier alpha value is -2.14. The first-order valence-electron chi connectivity index (χ1n) is 7.67. The molecule has 0 bridgehead atoms. The fourth-order valence-corrected chi connectivity index (χ4v) is 4.57. The Morgan fingerprint density at radius 1 is 0.852 bits per heavy atom. The molecular weight excluding hydrogens is 456 g/mol.